The monoisotopic (exact) mass is 360 g/mol. The number of hydrogen-bond acceptors (Lipinski definition) is 4. The molecule has 6 heteroatoms. The molecule has 0 saturated heterocycles. The fraction of sp³-hybridized carbons (Fsp3) is 0.286. The molecule has 0 bridgehead atoms. The molecule has 0 spiro atoms. The van der Waals surface area contributed by atoms with Gasteiger partial charge in [0.2, 0.25) is 0 Å². The van der Waals surface area contributed by atoms with Crippen molar-refractivity contribution >= 4 is 11.7 Å². The average molecular weight is 360 g/mol. The molecule has 136 valence electrons. The van der Waals surface area contributed by atoms with E-state index in [9.17, 15) is 4.79 Å². The Kier molecular flexibility index (Phi) is 3.89. The Morgan fingerprint density at radius 2 is 1.89 bits per heavy atom. The Morgan fingerprint density at radius 1 is 1.04 bits per heavy atom. The molecule has 2 aliphatic rings. The number of carbonyl (C=O) groups excluding carboxylic acids is 1. The molecule has 1 fully saturated rings. The summed E-state index contributed by atoms with van der Waals surface area (Å²) in [5.41, 5.74) is 2.44. The molecule has 0 radical (unpaired) electrons. The van der Waals surface area contributed by atoms with Gasteiger partial charge in [-0.05, 0) is 43.2 Å². The van der Waals surface area contributed by atoms with Crippen molar-refractivity contribution in [1.82, 2.24) is 14.8 Å². The van der Waals surface area contributed by atoms with Crippen LogP contribution in [-0.4, -0.2) is 27.2 Å². The van der Waals surface area contributed by atoms with Gasteiger partial charge in [0, 0.05) is 18.2 Å². The van der Waals surface area contributed by atoms with Crippen molar-refractivity contribution in [2.75, 3.05) is 11.4 Å². The van der Waals surface area contributed by atoms with E-state index in [1.165, 1.54) is 12.8 Å². The molecule has 0 atom stereocenters. The highest BCUT2D eigenvalue weighted by Gasteiger charge is 2.30. The third-order valence-electron chi connectivity index (χ3n) is 4.99. The predicted octanol–water partition coefficient (Wildman–Crippen LogP) is 3.39. The molecule has 1 saturated carbocycles. The molecule has 3 aromatic rings. The minimum Gasteiger partial charge on any atom is -0.487 e. The Morgan fingerprint density at radius 3 is 2.70 bits per heavy atom. The molecule has 3 heterocycles. The number of fused-ring (bicyclic) bond motifs is 1. The molecule has 0 unspecified atom stereocenters. The number of para-hydroxylation sites is 1. The maximum atomic E-state index is 13.0. The van der Waals surface area contributed by atoms with E-state index in [2.05, 4.69) is 11.2 Å². The summed E-state index contributed by atoms with van der Waals surface area (Å²) in [6.07, 6.45) is 2.39. The number of aromatic nitrogens is 3. The smallest absolute Gasteiger partial charge is 0.277 e. The predicted molar refractivity (Wildman–Crippen MR) is 101 cm³/mol. The first kappa shape index (κ1) is 16.1. The molecule has 0 N–H and O–H groups in total. The van der Waals surface area contributed by atoms with E-state index < -0.39 is 0 Å². The Labute approximate surface area is 157 Å². The van der Waals surface area contributed by atoms with Crippen molar-refractivity contribution in [2.45, 2.75) is 31.9 Å². The van der Waals surface area contributed by atoms with Crippen LogP contribution < -0.4 is 9.64 Å². The molecule has 1 aliphatic heterocycles. The third kappa shape index (κ3) is 3.18. The summed E-state index contributed by atoms with van der Waals surface area (Å²) < 4.78 is 7.52. The van der Waals surface area contributed by atoms with Crippen LogP contribution in [0.5, 0.6) is 5.75 Å². The number of carbonyl (C=O) groups is 1. The van der Waals surface area contributed by atoms with Gasteiger partial charge in [-0.3, -0.25) is 14.4 Å². The molecule has 2 aromatic heterocycles. The molecular formula is C21H20N4O2. The highest BCUT2D eigenvalue weighted by Crippen LogP contribution is 2.39. The molecule has 6 nitrogen and oxygen atoms in total. The lowest BCUT2D eigenvalue weighted by Gasteiger charge is -2.26. The molecule has 5 rings (SSSR count). The van der Waals surface area contributed by atoms with Gasteiger partial charge in [0.25, 0.3) is 5.91 Å². The summed E-state index contributed by atoms with van der Waals surface area (Å²) in [5.74, 6) is 2.04. The summed E-state index contributed by atoms with van der Waals surface area (Å²) in [4.78, 5) is 19.5. The molecule has 1 amide bonds. The number of anilines is 1. The molecule has 1 aliphatic carbocycles. The Balaban J connectivity index is 1.34. The number of rotatable bonds is 5. The zero-order chi connectivity index (χ0) is 18.2. The van der Waals surface area contributed by atoms with Crippen LogP contribution in [-0.2, 0) is 13.2 Å². The first-order valence-corrected chi connectivity index (χ1v) is 9.31. The van der Waals surface area contributed by atoms with Crippen LogP contribution in [0.25, 0.3) is 0 Å². The van der Waals surface area contributed by atoms with Gasteiger partial charge in [0.05, 0.1) is 6.54 Å². The van der Waals surface area contributed by atoms with Crippen molar-refractivity contribution in [3.8, 4) is 5.75 Å². The largest absolute Gasteiger partial charge is 0.487 e. The van der Waals surface area contributed by atoms with Crippen LogP contribution in [0.1, 0.15) is 40.6 Å². The minimum atomic E-state index is -0.0554. The highest BCUT2D eigenvalue weighted by molar-refractivity contribution is 6.05. The number of ether oxygens (including phenoxy) is 1. The second kappa shape index (κ2) is 6.54. The summed E-state index contributed by atoms with van der Waals surface area (Å²) in [6.45, 7) is 1.57. The van der Waals surface area contributed by atoms with Crippen molar-refractivity contribution in [3.05, 3.63) is 71.7 Å². The first-order chi connectivity index (χ1) is 13.3. The Hall–Kier alpha value is -3.15. The summed E-state index contributed by atoms with van der Waals surface area (Å²) in [7, 11) is 0. The number of amides is 1. The molecular weight excluding hydrogens is 340 g/mol. The summed E-state index contributed by atoms with van der Waals surface area (Å²) in [6, 6.07) is 17.4. The van der Waals surface area contributed by atoms with Gasteiger partial charge < -0.3 is 4.74 Å². The van der Waals surface area contributed by atoms with E-state index in [1.807, 2.05) is 48.5 Å². The maximum Gasteiger partial charge on any atom is 0.277 e. The lowest BCUT2D eigenvalue weighted by molar-refractivity contribution is 0.0961. The van der Waals surface area contributed by atoms with Crippen LogP contribution in [0.2, 0.25) is 0 Å². The van der Waals surface area contributed by atoms with E-state index >= 15 is 0 Å². The number of benzene rings is 1. The standard InChI is InChI=1S/C21H20N4O2/c26-21-19-13-16(14-27-17-5-2-1-3-6-17)23-25(19)12-11-24(21)20-8-4-7-18(22-20)15-9-10-15/h1-8,13,15H,9-12,14H2. The highest BCUT2D eigenvalue weighted by atomic mass is 16.5. The normalized spacial score (nSPS) is 16.3. The van der Waals surface area contributed by atoms with E-state index in [4.69, 9.17) is 9.72 Å². The molecule has 1 aromatic carbocycles. The minimum absolute atomic E-state index is 0.0554. The van der Waals surface area contributed by atoms with Gasteiger partial charge in [0.1, 0.15) is 29.6 Å². The zero-order valence-electron chi connectivity index (χ0n) is 14.9. The number of hydrogen-bond donors (Lipinski definition) is 0. The quantitative estimate of drug-likeness (QED) is 0.700. The van der Waals surface area contributed by atoms with Gasteiger partial charge in [-0.25, -0.2) is 4.98 Å². The van der Waals surface area contributed by atoms with Gasteiger partial charge in [-0.2, -0.15) is 5.10 Å². The average Bonchev–Trinajstić information content (AvgIpc) is 3.47. The van der Waals surface area contributed by atoms with Gasteiger partial charge in [-0.1, -0.05) is 24.3 Å². The second-order valence-corrected chi connectivity index (χ2v) is 7.00. The maximum absolute atomic E-state index is 13.0. The summed E-state index contributed by atoms with van der Waals surface area (Å²) >= 11 is 0. The van der Waals surface area contributed by atoms with Gasteiger partial charge in [-0.15, -0.1) is 0 Å². The lowest BCUT2D eigenvalue weighted by Crippen LogP contribution is -2.41. The van der Waals surface area contributed by atoms with Gasteiger partial charge in [0.15, 0.2) is 0 Å². The van der Waals surface area contributed by atoms with Crippen LogP contribution in [0, 0.1) is 0 Å². The van der Waals surface area contributed by atoms with Crippen LogP contribution in [0.4, 0.5) is 5.82 Å². The van der Waals surface area contributed by atoms with Crippen LogP contribution in [0.15, 0.2) is 54.6 Å². The van der Waals surface area contributed by atoms with E-state index in [0.29, 0.717) is 31.3 Å². The third-order valence-corrected chi connectivity index (χ3v) is 4.99. The van der Waals surface area contributed by atoms with Crippen LogP contribution >= 0.6 is 0 Å². The second-order valence-electron chi connectivity index (χ2n) is 7.00. The summed E-state index contributed by atoms with van der Waals surface area (Å²) in [5, 5.41) is 4.52. The molecule has 27 heavy (non-hydrogen) atoms. The number of pyridine rings is 1. The van der Waals surface area contributed by atoms with Crippen molar-refractivity contribution in [3.63, 3.8) is 0 Å². The number of nitrogens with zero attached hydrogens (tertiary/aromatic N) is 4. The topological polar surface area (TPSA) is 60.2 Å². The van der Waals surface area contributed by atoms with Crippen molar-refractivity contribution in [2.24, 2.45) is 0 Å². The SMILES string of the molecule is O=C1c2cc(COc3ccccc3)nn2CCN1c1cccc(C2CC2)n1. The lowest BCUT2D eigenvalue weighted by atomic mass is 10.2. The van der Waals surface area contributed by atoms with E-state index in [0.717, 1.165) is 23.0 Å². The fourth-order valence-corrected chi connectivity index (χ4v) is 3.41. The first-order valence-electron chi connectivity index (χ1n) is 9.31. The fourth-order valence-electron chi connectivity index (χ4n) is 3.41. The van der Waals surface area contributed by atoms with E-state index in [-0.39, 0.29) is 5.91 Å². The van der Waals surface area contributed by atoms with E-state index in [1.54, 1.807) is 9.58 Å². The zero-order valence-corrected chi connectivity index (χ0v) is 14.9. The Bertz CT molecular complexity index is 979. The van der Waals surface area contributed by atoms with Crippen LogP contribution in [0.3, 0.4) is 0 Å². The van der Waals surface area contributed by atoms with Crippen molar-refractivity contribution < 1.29 is 9.53 Å². The van der Waals surface area contributed by atoms with Gasteiger partial charge >= 0.3 is 0 Å². The van der Waals surface area contributed by atoms with Crippen molar-refractivity contribution in [1.29, 1.82) is 0 Å².